The van der Waals surface area contributed by atoms with E-state index in [0.717, 1.165) is 35.3 Å². The number of benzene rings is 2. The van der Waals surface area contributed by atoms with Crippen molar-refractivity contribution in [2.75, 3.05) is 25.2 Å². The van der Waals surface area contributed by atoms with Crippen molar-refractivity contribution in [3.8, 4) is 11.5 Å². The number of rotatable bonds is 7. The molecule has 0 aliphatic heterocycles. The lowest BCUT2D eigenvalue weighted by Gasteiger charge is -2.39. The van der Waals surface area contributed by atoms with Gasteiger partial charge in [0.25, 0.3) is 0 Å². The number of ether oxygens (including phenoxy) is 2. The van der Waals surface area contributed by atoms with Crippen LogP contribution in [0.15, 0.2) is 42.5 Å². The topological polar surface area (TPSA) is 21.7 Å². The van der Waals surface area contributed by atoms with Crippen LogP contribution in [0.1, 0.15) is 36.1 Å². The van der Waals surface area contributed by atoms with Crippen LogP contribution in [0.4, 0.5) is 0 Å². The van der Waals surface area contributed by atoms with E-state index in [1.807, 2.05) is 0 Å². The van der Waals surface area contributed by atoms with Crippen molar-refractivity contribution >= 4 is 22.6 Å². The zero-order valence-electron chi connectivity index (χ0n) is 15.9. The Morgan fingerprint density at radius 2 is 1.88 bits per heavy atom. The lowest BCUT2D eigenvalue weighted by molar-refractivity contribution is 0.140. The Morgan fingerprint density at radius 1 is 1.12 bits per heavy atom. The Kier molecular flexibility index (Phi) is 6.81. The van der Waals surface area contributed by atoms with Gasteiger partial charge in [0.15, 0.2) is 0 Å². The molecule has 0 aromatic heterocycles. The molecule has 0 saturated heterocycles. The van der Waals surface area contributed by atoms with Crippen molar-refractivity contribution in [1.29, 1.82) is 0 Å². The molecule has 0 saturated carbocycles. The molecule has 140 valence electrons. The lowest BCUT2D eigenvalue weighted by atomic mass is 9.86. The van der Waals surface area contributed by atoms with Gasteiger partial charge >= 0.3 is 0 Å². The molecule has 0 bridgehead atoms. The van der Waals surface area contributed by atoms with E-state index in [-0.39, 0.29) is 0 Å². The summed E-state index contributed by atoms with van der Waals surface area (Å²) < 4.78 is 12.0. The molecule has 3 rings (SSSR count). The second kappa shape index (κ2) is 9.09. The van der Waals surface area contributed by atoms with E-state index in [1.165, 1.54) is 23.1 Å². The van der Waals surface area contributed by atoms with Crippen LogP contribution >= 0.6 is 22.6 Å². The van der Waals surface area contributed by atoms with Crippen LogP contribution in [0.3, 0.4) is 0 Å². The molecule has 1 aliphatic rings. The number of halogens is 1. The highest BCUT2D eigenvalue weighted by Gasteiger charge is 2.29. The van der Waals surface area contributed by atoms with Crippen molar-refractivity contribution in [3.05, 3.63) is 59.2 Å². The molecular weight excluding hydrogens is 437 g/mol. The Labute approximate surface area is 170 Å². The van der Waals surface area contributed by atoms with Crippen LogP contribution in [0, 0.1) is 0 Å². The smallest absolute Gasteiger partial charge is 0.122 e. The summed E-state index contributed by atoms with van der Waals surface area (Å²) in [6.45, 7) is 3.44. The fourth-order valence-electron chi connectivity index (χ4n) is 4.09. The van der Waals surface area contributed by atoms with E-state index in [4.69, 9.17) is 9.47 Å². The van der Waals surface area contributed by atoms with E-state index in [9.17, 15) is 0 Å². The Hall–Kier alpha value is -1.27. The molecule has 0 unspecified atom stereocenters. The molecule has 0 amide bonds. The van der Waals surface area contributed by atoms with Gasteiger partial charge in [-0.05, 0) is 61.1 Å². The average molecular weight is 465 g/mol. The van der Waals surface area contributed by atoms with Gasteiger partial charge in [0.2, 0.25) is 0 Å². The third-order valence-electron chi connectivity index (χ3n) is 5.54. The highest BCUT2D eigenvalue weighted by molar-refractivity contribution is 14.1. The maximum absolute atomic E-state index is 5.57. The monoisotopic (exact) mass is 465 g/mol. The first-order valence-corrected chi connectivity index (χ1v) is 10.8. The maximum atomic E-state index is 5.57. The molecule has 2 aromatic rings. The number of alkyl halides is 1. The van der Waals surface area contributed by atoms with E-state index in [2.05, 4.69) is 76.9 Å². The van der Waals surface area contributed by atoms with Gasteiger partial charge in [-0.3, -0.25) is 4.90 Å². The zero-order chi connectivity index (χ0) is 18.5. The molecule has 3 nitrogen and oxygen atoms in total. The van der Waals surface area contributed by atoms with Crippen LogP contribution in [0.25, 0.3) is 0 Å². The highest BCUT2D eigenvalue weighted by Crippen LogP contribution is 2.34. The van der Waals surface area contributed by atoms with Crippen molar-refractivity contribution in [2.24, 2.45) is 0 Å². The summed E-state index contributed by atoms with van der Waals surface area (Å²) in [7, 11) is 3.49. The predicted molar refractivity (Wildman–Crippen MR) is 116 cm³/mol. The number of hydrogen-bond acceptors (Lipinski definition) is 3. The summed E-state index contributed by atoms with van der Waals surface area (Å²) in [6, 6.07) is 16.0. The first kappa shape index (κ1) is 19.5. The summed E-state index contributed by atoms with van der Waals surface area (Å²) in [5, 5.41) is 0. The van der Waals surface area contributed by atoms with Crippen LogP contribution in [0.5, 0.6) is 11.5 Å². The third-order valence-corrected chi connectivity index (χ3v) is 6.02. The zero-order valence-corrected chi connectivity index (χ0v) is 18.0. The van der Waals surface area contributed by atoms with Crippen LogP contribution < -0.4 is 9.47 Å². The largest absolute Gasteiger partial charge is 0.497 e. The fraction of sp³-hybridized carbons (Fsp3) is 0.455. The van der Waals surface area contributed by atoms with E-state index >= 15 is 0 Å². The SMILES string of the molecule is COc1ccc([C@@H](C)N(CCI)[C@H]2CCc3c(cccc3OC)C2)cc1. The highest BCUT2D eigenvalue weighted by atomic mass is 127. The van der Waals surface area contributed by atoms with Crippen molar-refractivity contribution < 1.29 is 9.47 Å². The van der Waals surface area contributed by atoms with Gasteiger partial charge in [0, 0.05) is 23.1 Å². The molecular formula is C22H28INO2. The molecule has 0 radical (unpaired) electrons. The van der Waals surface area contributed by atoms with Crippen molar-refractivity contribution in [3.63, 3.8) is 0 Å². The molecule has 2 aromatic carbocycles. The first-order chi connectivity index (χ1) is 12.7. The van der Waals surface area contributed by atoms with Gasteiger partial charge in [-0.15, -0.1) is 0 Å². The average Bonchev–Trinajstić information content (AvgIpc) is 2.70. The Bertz CT molecular complexity index is 717. The molecule has 1 aliphatic carbocycles. The molecule has 26 heavy (non-hydrogen) atoms. The minimum Gasteiger partial charge on any atom is -0.497 e. The Balaban J connectivity index is 1.81. The summed E-state index contributed by atoms with van der Waals surface area (Å²) in [6.07, 6.45) is 3.38. The maximum Gasteiger partial charge on any atom is 0.122 e. The van der Waals surface area contributed by atoms with Gasteiger partial charge in [-0.1, -0.05) is 46.9 Å². The van der Waals surface area contributed by atoms with E-state index in [1.54, 1.807) is 14.2 Å². The van der Waals surface area contributed by atoms with E-state index in [0.29, 0.717) is 12.1 Å². The van der Waals surface area contributed by atoms with E-state index < -0.39 is 0 Å². The summed E-state index contributed by atoms with van der Waals surface area (Å²) >= 11 is 2.49. The standard InChI is InChI=1S/C22H28INO2/c1-16(17-7-10-20(25-2)11-8-17)24(14-13-23)19-9-12-21-18(15-19)5-4-6-22(21)26-3/h4-8,10-11,16,19H,9,12-15H2,1-3H3/t16-,19+/m1/s1. The summed E-state index contributed by atoms with van der Waals surface area (Å²) in [4.78, 5) is 2.68. The summed E-state index contributed by atoms with van der Waals surface area (Å²) in [5.41, 5.74) is 4.20. The molecule has 0 N–H and O–H groups in total. The second-order valence-corrected chi connectivity index (χ2v) is 7.95. The number of fused-ring (bicyclic) bond motifs is 1. The van der Waals surface area contributed by atoms with Crippen molar-refractivity contribution in [1.82, 2.24) is 4.90 Å². The minimum atomic E-state index is 0.396. The number of hydrogen-bond donors (Lipinski definition) is 0. The van der Waals surface area contributed by atoms with Crippen LogP contribution in [-0.4, -0.2) is 36.1 Å². The van der Waals surface area contributed by atoms with Crippen LogP contribution in [-0.2, 0) is 12.8 Å². The van der Waals surface area contributed by atoms with Crippen LogP contribution in [0.2, 0.25) is 0 Å². The molecule has 4 heteroatoms. The lowest BCUT2D eigenvalue weighted by Crippen LogP contribution is -2.42. The van der Waals surface area contributed by atoms with Gasteiger partial charge in [-0.25, -0.2) is 0 Å². The molecule has 0 spiro atoms. The first-order valence-electron chi connectivity index (χ1n) is 9.28. The quantitative estimate of drug-likeness (QED) is 0.422. The van der Waals surface area contributed by atoms with Crippen molar-refractivity contribution in [2.45, 2.75) is 38.3 Å². The molecule has 0 fully saturated rings. The number of nitrogens with zero attached hydrogens (tertiary/aromatic N) is 1. The van der Waals surface area contributed by atoms with Gasteiger partial charge in [0.05, 0.1) is 14.2 Å². The summed E-state index contributed by atoms with van der Waals surface area (Å²) in [5.74, 6) is 1.96. The molecule has 2 atom stereocenters. The fourth-order valence-corrected chi connectivity index (χ4v) is 4.65. The number of methoxy groups -OCH3 is 2. The van der Waals surface area contributed by atoms with Gasteiger partial charge in [0.1, 0.15) is 11.5 Å². The molecule has 0 heterocycles. The predicted octanol–water partition coefficient (Wildman–Crippen LogP) is 5.06. The van der Waals surface area contributed by atoms with Gasteiger partial charge in [-0.2, -0.15) is 0 Å². The second-order valence-electron chi connectivity index (χ2n) is 6.87. The third kappa shape index (κ3) is 4.17. The van der Waals surface area contributed by atoms with Gasteiger partial charge < -0.3 is 9.47 Å². The minimum absolute atomic E-state index is 0.396. The normalized spacial score (nSPS) is 17.7. The Morgan fingerprint density at radius 3 is 2.54 bits per heavy atom.